The molecule has 136 valence electrons. The maximum Gasteiger partial charge on any atom is 0.225 e. The van der Waals surface area contributed by atoms with Gasteiger partial charge in [-0.1, -0.05) is 0 Å². The molecule has 1 aliphatic heterocycles. The zero-order chi connectivity index (χ0) is 18.2. The van der Waals surface area contributed by atoms with Crippen molar-refractivity contribution in [2.75, 3.05) is 38.3 Å². The van der Waals surface area contributed by atoms with Crippen molar-refractivity contribution in [2.45, 2.75) is 0 Å². The van der Waals surface area contributed by atoms with E-state index in [0.29, 0.717) is 19.1 Å². The van der Waals surface area contributed by atoms with Gasteiger partial charge in [0.1, 0.15) is 5.65 Å². The summed E-state index contributed by atoms with van der Waals surface area (Å²) in [5.74, 6) is 1.30. The molecule has 0 atom stereocenters. The number of ether oxygens (including phenoxy) is 2. The highest BCUT2D eigenvalue weighted by molar-refractivity contribution is 6.06. The normalized spacial score (nSPS) is 14.8. The molecule has 8 heteroatoms. The van der Waals surface area contributed by atoms with E-state index in [-0.39, 0.29) is 0 Å². The molecule has 0 amide bonds. The van der Waals surface area contributed by atoms with Crippen LogP contribution < -0.4 is 9.64 Å². The molecule has 0 aliphatic carbocycles. The number of aromatic nitrogens is 5. The van der Waals surface area contributed by atoms with Crippen molar-refractivity contribution >= 4 is 27.9 Å². The van der Waals surface area contributed by atoms with Crippen LogP contribution >= 0.6 is 0 Å². The Balaban J connectivity index is 1.49. The Labute approximate surface area is 155 Å². The van der Waals surface area contributed by atoms with Crippen LogP contribution in [0.2, 0.25) is 0 Å². The highest BCUT2D eigenvalue weighted by Gasteiger charge is 2.14. The van der Waals surface area contributed by atoms with Crippen molar-refractivity contribution in [3.05, 3.63) is 36.8 Å². The number of nitrogens with zero attached hydrogens (tertiary/aromatic N) is 5. The Morgan fingerprint density at radius 2 is 1.85 bits per heavy atom. The number of anilines is 1. The third-order valence-corrected chi connectivity index (χ3v) is 4.75. The quantitative estimate of drug-likeness (QED) is 0.599. The third-order valence-electron chi connectivity index (χ3n) is 4.75. The molecule has 0 bridgehead atoms. The number of H-pyrrole nitrogens is 1. The van der Waals surface area contributed by atoms with E-state index in [1.165, 1.54) is 0 Å². The average Bonchev–Trinajstić information content (AvgIpc) is 3.11. The van der Waals surface area contributed by atoms with Crippen LogP contribution in [0.4, 0.5) is 5.95 Å². The van der Waals surface area contributed by atoms with Crippen molar-refractivity contribution in [1.82, 2.24) is 24.9 Å². The molecule has 5 heterocycles. The van der Waals surface area contributed by atoms with Gasteiger partial charge in [-0.25, -0.2) is 19.9 Å². The Bertz CT molecular complexity index is 1100. The first-order valence-electron chi connectivity index (χ1n) is 8.79. The van der Waals surface area contributed by atoms with Crippen LogP contribution in [0.3, 0.4) is 0 Å². The summed E-state index contributed by atoms with van der Waals surface area (Å²) in [6.07, 6.45) is 5.44. The number of fused-ring (bicyclic) bond motifs is 3. The van der Waals surface area contributed by atoms with E-state index in [1.807, 2.05) is 30.6 Å². The van der Waals surface area contributed by atoms with Crippen LogP contribution in [0.1, 0.15) is 0 Å². The predicted octanol–water partition coefficient (Wildman–Crippen LogP) is 2.41. The maximum absolute atomic E-state index is 5.37. The minimum atomic E-state index is 0.571. The molecule has 27 heavy (non-hydrogen) atoms. The number of methoxy groups -OCH3 is 1. The zero-order valence-corrected chi connectivity index (χ0v) is 14.8. The van der Waals surface area contributed by atoms with Gasteiger partial charge in [0, 0.05) is 54.1 Å². The molecule has 4 aromatic rings. The van der Waals surface area contributed by atoms with Gasteiger partial charge >= 0.3 is 0 Å². The Morgan fingerprint density at radius 1 is 1.04 bits per heavy atom. The van der Waals surface area contributed by atoms with Gasteiger partial charge in [-0.15, -0.1) is 0 Å². The van der Waals surface area contributed by atoms with Crippen LogP contribution in [-0.4, -0.2) is 58.3 Å². The number of hydrogen-bond acceptors (Lipinski definition) is 7. The Kier molecular flexibility index (Phi) is 3.83. The van der Waals surface area contributed by atoms with Crippen molar-refractivity contribution in [1.29, 1.82) is 0 Å². The summed E-state index contributed by atoms with van der Waals surface area (Å²) in [6.45, 7) is 3.05. The van der Waals surface area contributed by atoms with Gasteiger partial charge < -0.3 is 19.4 Å². The van der Waals surface area contributed by atoms with Gasteiger partial charge in [-0.3, -0.25) is 0 Å². The fourth-order valence-electron chi connectivity index (χ4n) is 3.31. The molecule has 0 saturated carbocycles. The minimum Gasteiger partial charge on any atom is -0.481 e. The Morgan fingerprint density at radius 3 is 2.63 bits per heavy atom. The largest absolute Gasteiger partial charge is 0.481 e. The number of hydrogen-bond donors (Lipinski definition) is 1. The minimum absolute atomic E-state index is 0.571. The highest BCUT2D eigenvalue weighted by atomic mass is 16.5. The molecular weight excluding hydrogens is 344 g/mol. The van der Waals surface area contributed by atoms with Gasteiger partial charge in [0.2, 0.25) is 11.8 Å². The summed E-state index contributed by atoms with van der Waals surface area (Å²) < 4.78 is 10.6. The third kappa shape index (κ3) is 2.83. The fourth-order valence-corrected chi connectivity index (χ4v) is 3.31. The second-order valence-corrected chi connectivity index (χ2v) is 6.36. The smallest absolute Gasteiger partial charge is 0.225 e. The summed E-state index contributed by atoms with van der Waals surface area (Å²) in [5, 5.41) is 2.04. The fraction of sp³-hybridized carbons (Fsp3) is 0.263. The van der Waals surface area contributed by atoms with Crippen molar-refractivity contribution in [3.8, 4) is 17.1 Å². The van der Waals surface area contributed by atoms with Crippen molar-refractivity contribution in [2.24, 2.45) is 0 Å². The van der Waals surface area contributed by atoms with Crippen LogP contribution in [0.15, 0.2) is 36.8 Å². The standard InChI is InChI=1S/C19H18N6O2/c1-26-17-8-16-14(11-20-17)13-2-3-15(23-18(13)24-16)12-9-21-19(22-10-12)25-4-6-27-7-5-25/h2-3,8-11H,4-7H2,1H3,(H,23,24). The Hall–Kier alpha value is -3.26. The van der Waals surface area contributed by atoms with Crippen LogP contribution in [-0.2, 0) is 4.74 Å². The van der Waals surface area contributed by atoms with Gasteiger partial charge in [0.15, 0.2) is 0 Å². The SMILES string of the molecule is COc1cc2[nH]c3nc(-c4cnc(N5CCOCC5)nc4)ccc3c2cn1. The van der Waals surface area contributed by atoms with E-state index in [2.05, 4.69) is 24.8 Å². The number of rotatable bonds is 3. The van der Waals surface area contributed by atoms with Crippen LogP contribution in [0.5, 0.6) is 5.88 Å². The number of pyridine rings is 2. The molecular formula is C19H18N6O2. The number of morpholine rings is 1. The molecule has 0 spiro atoms. The molecule has 1 aliphatic rings. The molecule has 1 N–H and O–H groups in total. The van der Waals surface area contributed by atoms with Crippen LogP contribution in [0.25, 0.3) is 33.2 Å². The molecule has 4 aromatic heterocycles. The lowest BCUT2D eigenvalue weighted by Crippen LogP contribution is -2.37. The first-order chi connectivity index (χ1) is 13.3. The maximum atomic E-state index is 5.37. The van der Waals surface area contributed by atoms with Gasteiger partial charge in [-0.05, 0) is 12.1 Å². The summed E-state index contributed by atoms with van der Waals surface area (Å²) in [4.78, 5) is 23.5. The van der Waals surface area contributed by atoms with Gasteiger partial charge in [-0.2, -0.15) is 0 Å². The van der Waals surface area contributed by atoms with Gasteiger partial charge in [0.25, 0.3) is 0 Å². The van der Waals surface area contributed by atoms with E-state index in [4.69, 9.17) is 14.5 Å². The van der Waals surface area contributed by atoms with E-state index in [0.717, 1.165) is 52.2 Å². The lowest BCUT2D eigenvalue weighted by Gasteiger charge is -2.26. The second-order valence-electron chi connectivity index (χ2n) is 6.36. The first-order valence-corrected chi connectivity index (χ1v) is 8.79. The van der Waals surface area contributed by atoms with E-state index < -0.39 is 0 Å². The zero-order valence-electron chi connectivity index (χ0n) is 14.8. The lowest BCUT2D eigenvalue weighted by molar-refractivity contribution is 0.122. The summed E-state index contributed by atoms with van der Waals surface area (Å²) in [7, 11) is 1.60. The molecule has 0 aromatic carbocycles. The molecule has 8 nitrogen and oxygen atoms in total. The molecule has 0 radical (unpaired) electrons. The van der Waals surface area contributed by atoms with Crippen molar-refractivity contribution < 1.29 is 9.47 Å². The topological polar surface area (TPSA) is 89.0 Å². The average molecular weight is 362 g/mol. The first kappa shape index (κ1) is 16.0. The molecule has 0 unspecified atom stereocenters. The molecule has 5 rings (SSSR count). The summed E-state index contributed by atoms with van der Waals surface area (Å²) in [5.41, 5.74) is 3.45. The van der Waals surface area contributed by atoms with Gasteiger partial charge in [0.05, 0.1) is 31.5 Å². The van der Waals surface area contributed by atoms with Crippen molar-refractivity contribution in [3.63, 3.8) is 0 Å². The lowest BCUT2D eigenvalue weighted by atomic mass is 10.2. The number of aromatic amines is 1. The molecule has 1 fully saturated rings. The molecule has 1 saturated heterocycles. The summed E-state index contributed by atoms with van der Waals surface area (Å²) in [6, 6.07) is 5.89. The van der Waals surface area contributed by atoms with Crippen LogP contribution in [0, 0.1) is 0 Å². The second kappa shape index (κ2) is 6.48. The van der Waals surface area contributed by atoms with E-state index in [1.54, 1.807) is 13.3 Å². The number of nitrogens with one attached hydrogen (secondary N) is 1. The predicted molar refractivity (Wildman–Crippen MR) is 102 cm³/mol. The monoisotopic (exact) mass is 362 g/mol. The van der Waals surface area contributed by atoms with E-state index >= 15 is 0 Å². The summed E-state index contributed by atoms with van der Waals surface area (Å²) >= 11 is 0. The highest BCUT2D eigenvalue weighted by Crippen LogP contribution is 2.28. The van der Waals surface area contributed by atoms with E-state index in [9.17, 15) is 0 Å².